The van der Waals surface area contributed by atoms with Crippen LogP contribution in [0.1, 0.15) is 10.5 Å². The lowest BCUT2D eigenvalue weighted by Crippen LogP contribution is -1.91. The molecule has 0 atom stereocenters. The molecule has 0 amide bonds. The van der Waals surface area contributed by atoms with Crippen LogP contribution in [0, 0.1) is 0 Å². The number of hydrogen-bond acceptors (Lipinski definition) is 2. The molecule has 2 aromatic rings. The molecule has 0 saturated heterocycles. The van der Waals surface area contributed by atoms with Gasteiger partial charge in [-0.3, -0.25) is 4.79 Å². The third-order valence-corrected chi connectivity index (χ3v) is 2.82. The van der Waals surface area contributed by atoms with Crippen LogP contribution in [0.4, 0.5) is 0 Å². The van der Waals surface area contributed by atoms with Crippen molar-refractivity contribution in [3.8, 4) is 11.4 Å². The van der Waals surface area contributed by atoms with Crippen LogP contribution in [0.3, 0.4) is 0 Å². The molecule has 0 aliphatic carbocycles. The average molecular weight is 265 g/mol. The lowest BCUT2D eigenvalue weighted by molar-refractivity contribution is 0.111. The monoisotopic (exact) mass is 264 g/mol. The number of halogens is 1. The summed E-state index contributed by atoms with van der Waals surface area (Å²) < 4.78 is 2.81. The standard InChI is InChI=1S/C11H9BrN2O/c1-14-6-8(7-15)13-11(14)9-4-2-3-5-10(9)12/h2-7H,1H3. The molecular weight excluding hydrogens is 256 g/mol. The van der Waals surface area contributed by atoms with Gasteiger partial charge in [0.05, 0.1) is 0 Å². The molecule has 0 radical (unpaired) electrons. The molecule has 0 N–H and O–H groups in total. The lowest BCUT2D eigenvalue weighted by atomic mass is 10.2. The van der Waals surface area contributed by atoms with E-state index >= 15 is 0 Å². The zero-order chi connectivity index (χ0) is 10.8. The number of benzene rings is 1. The van der Waals surface area contributed by atoms with Gasteiger partial charge in [-0.2, -0.15) is 0 Å². The van der Waals surface area contributed by atoms with Gasteiger partial charge in [0, 0.05) is 23.3 Å². The maximum absolute atomic E-state index is 10.6. The molecule has 76 valence electrons. The molecule has 0 bridgehead atoms. The van der Waals surface area contributed by atoms with Gasteiger partial charge in [0.25, 0.3) is 0 Å². The molecule has 1 aromatic heterocycles. The Balaban J connectivity index is 2.58. The summed E-state index contributed by atoms with van der Waals surface area (Å²) in [5.74, 6) is 0.782. The Morgan fingerprint density at radius 1 is 1.40 bits per heavy atom. The average Bonchev–Trinajstić information content (AvgIpc) is 2.60. The summed E-state index contributed by atoms with van der Waals surface area (Å²) in [4.78, 5) is 14.8. The van der Waals surface area contributed by atoms with Gasteiger partial charge in [-0.15, -0.1) is 0 Å². The van der Waals surface area contributed by atoms with E-state index in [1.54, 1.807) is 6.20 Å². The molecule has 0 spiro atoms. The molecule has 4 heteroatoms. The van der Waals surface area contributed by atoms with E-state index in [-0.39, 0.29) is 0 Å². The van der Waals surface area contributed by atoms with E-state index < -0.39 is 0 Å². The van der Waals surface area contributed by atoms with Crippen LogP contribution >= 0.6 is 15.9 Å². The Hall–Kier alpha value is -1.42. The second-order valence-electron chi connectivity index (χ2n) is 3.20. The molecule has 0 aliphatic heterocycles. The Labute approximate surface area is 95.9 Å². The van der Waals surface area contributed by atoms with Gasteiger partial charge in [0.2, 0.25) is 0 Å². The van der Waals surface area contributed by atoms with Crippen molar-refractivity contribution in [2.24, 2.45) is 7.05 Å². The van der Waals surface area contributed by atoms with Crippen molar-refractivity contribution in [3.05, 3.63) is 40.6 Å². The van der Waals surface area contributed by atoms with E-state index in [2.05, 4.69) is 20.9 Å². The smallest absolute Gasteiger partial charge is 0.170 e. The normalized spacial score (nSPS) is 10.3. The summed E-state index contributed by atoms with van der Waals surface area (Å²) in [6.07, 6.45) is 2.46. The fourth-order valence-electron chi connectivity index (χ4n) is 1.44. The van der Waals surface area contributed by atoms with Crippen molar-refractivity contribution in [1.82, 2.24) is 9.55 Å². The van der Waals surface area contributed by atoms with Crippen LogP contribution in [0.15, 0.2) is 34.9 Å². The molecule has 0 fully saturated rings. The minimum atomic E-state index is 0.447. The number of hydrogen-bond donors (Lipinski definition) is 0. The van der Waals surface area contributed by atoms with Crippen LogP contribution in [0.25, 0.3) is 11.4 Å². The van der Waals surface area contributed by atoms with Crippen molar-refractivity contribution in [2.45, 2.75) is 0 Å². The highest BCUT2D eigenvalue weighted by Gasteiger charge is 2.09. The van der Waals surface area contributed by atoms with Crippen molar-refractivity contribution in [2.75, 3.05) is 0 Å². The van der Waals surface area contributed by atoms with Crippen molar-refractivity contribution in [1.29, 1.82) is 0 Å². The van der Waals surface area contributed by atoms with Gasteiger partial charge in [0.1, 0.15) is 11.5 Å². The number of carbonyl (C=O) groups is 1. The third-order valence-electron chi connectivity index (χ3n) is 2.13. The maximum atomic E-state index is 10.6. The molecule has 0 saturated carbocycles. The summed E-state index contributed by atoms with van der Waals surface area (Å²) in [5, 5.41) is 0. The third kappa shape index (κ3) is 1.85. The highest BCUT2D eigenvalue weighted by molar-refractivity contribution is 9.10. The molecule has 2 rings (SSSR count). The van der Waals surface area contributed by atoms with Gasteiger partial charge in [-0.25, -0.2) is 4.98 Å². The molecule has 1 aromatic carbocycles. The molecule has 15 heavy (non-hydrogen) atoms. The lowest BCUT2D eigenvalue weighted by Gasteiger charge is -2.03. The first-order valence-corrected chi connectivity index (χ1v) is 5.25. The van der Waals surface area contributed by atoms with Gasteiger partial charge in [0.15, 0.2) is 6.29 Å². The fraction of sp³-hybridized carbons (Fsp3) is 0.0909. The number of aryl methyl sites for hydroxylation is 1. The minimum Gasteiger partial charge on any atom is -0.333 e. The second-order valence-corrected chi connectivity index (χ2v) is 4.05. The number of nitrogens with zero attached hydrogens (tertiary/aromatic N) is 2. The Bertz CT molecular complexity index is 505. The topological polar surface area (TPSA) is 34.9 Å². The van der Waals surface area contributed by atoms with Crippen molar-refractivity contribution >= 4 is 22.2 Å². The van der Waals surface area contributed by atoms with Crippen LogP contribution < -0.4 is 0 Å². The summed E-state index contributed by atoms with van der Waals surface area (Å²) in [6, 6.07) is 7.79. The first-order chi connectivity index (χ1) is 7.22. The van der Waals surface area contributed by atoms with Crippen molar-refractivity contribution < 1.29 is 4.79 Å². The van der Waals surface area contributed by atoms with E-state index in [0.717, 1.165) is 22.1 Å². The second kappa shape index (κ2) is 3.98. The Morgan fingerprint density at radius 3 is 2.73 bits per heavy atom. The maximum Gasteiger partial charge on any atom is 0.170 e. The molecule has 3 nitrogen and oxygen atoms in total. The van der Waals surface area contributed by atoms with Crippen LogP contribution in [0.2, 0.25) is 0 Å². The molecule has 0 unspecified atom stereocenters. The van der Waals surface area contributed by atoms with E-state index in [4.69, 9.17) is 0 Å². The summed E-state index contributed by atoms with van der Waals surface area (Å²) in [6.45, 7) is 0. The van der Waals surface area contributed by atoms with Crippen LogP contribution in [0.5, 0.6) is 0 Å². The van der Waals surface area contributed by atoms with Crippen LogP contribution in [-0.2, 0) is 7.05 Å². The quantitative estimate of drug-likeness (QED) is 0.782. The fourth-order valence-corrected chi connectivity index (χ4v) is 1.90. The summed E-state index contributed by atoms with van der Waals surface area (Å²) >= 11 is 3.46. The number of aromatic nitrogens is 2. The molecule has 1 heterocycles. The minimum absolute atomic E-state index is 0.447. The molecular formula is C11H9BrN2O. The highest BCUT2D eigenvalue weighted by atomic mass is 79.9. The summed E-state index contributed by atoms with van der Waals surface area (Å²) in [5.41, 5.74) is 1.43. The van der Waals surface area contributed by atoms with E-state index in [1.165, 1.54) is 0 Å². The number of rotatable bonds is 2. The predicted molar refractivity (Wildman–Crippen MR) is 61.7 cm³/mol. The number of aldehydes is 1. The zero-order valence-corrected chi connectivity index (χ0v) is 9.73. The SMILES string of the molecule is Cn1cc(C=O)nc1-c1ccccc1Br. The van der Waals surface area contributed by atoms with Crippen molar-refractivity contribution in [3.63, 3.8) is 0 Å². The van der Waals surface area contributed by atoms with Gasteiger partial charge in [-0.1, -0.05) is 34.1 Å². The van der Waals surface area contributed by atoms with Gasteiger partial charge >= 0.3 is 0 Å². The van der Waals surface area contributed by atoms with Gasteiger partial charge in [-0.05, 0) is 6.07 Å². The number of carbonyl (C=O) groups excluding carboxylic acids is 1. The molecule has 0 aliphatic rings. The largest absolute Gasteiger partial charge is 0.333 e. The Morgan fingerprint density at radius 2 is 2.13 bits per heavy atom. The Kier molecular flexibility index (Phi) is 2.68. The first kappa shape index (κ1) is 10.1. The first-order valence-electron chi connectivity index (χ1n) is 4.46. The highest BCUT2D eigenvalue weighted by Crippen LogP contribution is 2.26. The van der Waals surface area contributed by atoms with E-state index in [1.807, 2.05) is 35.9 Å². The predicted octanol–water partition coefficient (Wildman–Crippen LogP) is 2.66. The number of imidazole rings is 1. The van der Waals surface area contributed by atoms with E-state index in [0.29, 0.717) is 5.69 Å². The zero-order valence-electron chi connectivity index (χ0n) is 8.14. The van der Waals surface area contributed by atoms with Crippen LogP contribution in [-0.4, -0.2) is 15.8 Å². The van der Waals surface area contributed by atoms with E-state index in [9.17, 15) is 4.79 Å². The van der Waals surface area contributed by atoms with Gasteiger partial charge < -0.3 is 4.57 Å². The summed E-state index contributed by atoms with van der Waals surface area (Å²) in [7, 11) is 1.87.